The number of benzene rings is 1. The third kappa shape index (κ3) is 3.71. The maximum Gasteiger partial charge on any atom is 0.220 e. The van der Waals surface area contributed by atoms with Gasteiger partial charge in [-0.3, -0.25) is 4.79 Å². The average Bonchev–Trinajstić information content (AvgIpc) is 2.92. The van der Waals surface area contributed by atoms with Crippen LogP contribution in [0.25, 0.3) is 10.9 Å². The van der Waals surface area contributed by atoms with E-state index in [1.165, 1.54) is 22.2 Å². The molecule has 2 heterocycles. The van der Waals surface area contributed by atoms with Crippen molar-refractivity contribution in [3.63, 3.8) is 0 Å². The first-order chi connectivity index (χ1) is 13.2. The highest BCUT2D eigenvalue weighted by atomic mass is 16.2. The summed E-state index contributed by atoms with van der Waals surface area (Å²) in [6.45, 7) is 11.6. The van der Waals surface area contributed by atoms with Crippen molar-refractivity contribution in [2.75, 3.05) is 6.54 Å². The molecule has 2 N–H and O–H groups in total. The molecule has 0 saturated carbocycles. The maximum absolute atomic E-state index is 12.4. The molecule has 4 nitrogen and oxygen atoms in total. The Hall–Kier alpha value is -1.81. The SMILES string of the molecule is CC(=O)N1CCc2c(n(C)c3ccccc23)C1CCC(N)C(C(C)C)C(C)C. The van der Waals surface area contributed by atoms with Crippen molar-refractivity contribution in [1.29, 1.82) is 0 Å². The summed E-state index contributed by atoms with van der Waals surface area (Å²) in [5, 5.41) is 1.33. The van der Waals surface area contributed by atoms with E-state index in [9.17, 15) is 4.79 Å². The Bertz CT molecular complexity index is 828. The number of hydrogen-bond donors (Lipinski definition) is 1. The van der Waals surface area contributed by atoms with E-state index in [-0.39, 0.29) is 18.0 Å². The highest BCUT2D eigenvalue weighted by Gasteiger charge is 2.34. The Labute approximate surface area is 170 Å². The number of carbonyl (C=O) groups is 1. The number of carbonyl (C=O) groups excluding carboxylic acids is 1. The summed E-state index contributed by atoms with van der Waals surface area (Å²) in [5.41, 5.74) is 10.7. The highest BCUT2D eigenvalue weighted by Crippen LogP contribution is 2.39. The lowest BCUT2D eigenvalue weighted by Crippen LogP contribution is -2.42. The topological polar surface area (TPSA) is 51.3 Å². The van der Waals surface area contributed by atoms with Crippen LogP contribution in [-0.4, -0.2) is 28.0 Å². The second-order valence-electron chi connectivity index (χ2n) is 9.22. The van der Waals surface area contributed by atoms with E-state index in [2.05, 4.69) is 68.5 Å². The van der Waals surface area contributed by atoms with Gasteiger partial charge in [-0.25, -0.2) is 0 Å². The lowest BCUT2D eigenvalue weighted by Gasteiger charge is -2.38. The fourth-order valence-corrected chi connectivity index (χ4v) is 5.69. The second-order valence-corrected chi connectivity index (χ2v) is 9.22. The fraction of sp³-hybridized carbons (Fsp3) is 0.625. The van der Waals surface area contributed by atoms with Crippen LogP contribution in [0.4, 0.5) is 0 Å². The van der Waals surface area contributed by atoms with Gasteiger partial charge in [-0.1, -0.05) is 45.9 Å². The minimum absolute atomic E-state index is 0.115. The van der Waals surface area contributed by atoms with Gasteiger partial charge in [0.1, 0.15) is 0 Å². The van der Waals surface area contributed by atoms with Crippen LogP contribution in [0.15, 0.2) is 24.3 Å². The number of aromatic nitrogens is 1. The molecule has 3 rings (SSSR count). The molecule has 1 aliphatic rings. The molecule has 1 aliphatic heterocycles. The van der Waals surface area contributed by atoms with Crippen molar-refractivity contribution in [2.45, 2.75) is 66.0 Å². The van der Waals surface area contributed by atoms with E-state index in [0.29, 0.717) is 17.8 Å². The zero-order valence-electron chi connectivity index (χ0n) is 18.4. The third-order valence-electron chi connectivity index (χ3n) is 6.77. The van der Waals surface area contributed by atoms with Gasteiger partial charge >= 0.3 is 0 Å². The molecule has 0 spiro atoms. The zero-order valence-corrected chi connectivity index (χ0v) is 18.4. The summed E-state index contributed by atoms with van der Waals surface area (Å²) < 4.78 is 2.30. The molecule has 0 fully saturated rings. The molecule has 1 aromatic carbocycles. The Morgan fingerprint density at radius 3 is 2.43 bits per heavy atom. The number of nitrogens with zero attached hydrogens (tertiary/aromatic N) is 2. The lowest BCUT2D eigenvalue weighted by atomic mass is 9.78. The van der Waals surface area contributed by atoms with Crippen molar-refractivity contribution in [3.05, 3.63) is 35.5 Å². The number of aryl methyl sites for hydroxylation is 1. The quantitative estimate of drug-likeness (QED) is 0.789. The molecule has 4 heteroatoms. The van der Waals surface area contributed by atoms with E-state index in [0.717, 1.165) is 25.8 Å². The Balaban J connectivity index is 1.93. The predicted molar refractivity (Wildman–Crippen MR) is 117 cm³/mol. The van der Waals surface area contributed by atoms with Gasteiger partial charge < -0.3 is 15.2 Å². The molecule has 1 aromatic heterocycles. The van der Waals surface area contributed by atoms with Gasteiger partial charge in [0.25, 0.3) is 0 Å². The summed E-state index contributed by atoms with van der Waals surface area (Å²) in [6, 6.07) is 8.88. The van der Waals surface area contributed by atoms with Gasteiger partial charge in [0.2, 0.25) is 5.91 Å². The number of nitrogens with two attached hydrogens (primary N) is 1. The molecule has 0 saturated heterocycles. The molecule has 0 bridgehead atoms. The number of para-hydroxylation sites is 1. The summed E-state index contributed by atoms with van der Waals surface area (Å²) in [6.07, 6.45) is 2.80. The van der Waals surface area contributed by atoms with Crippen LogP contribution in [0, 0.1) is 17.8 Å². The van der Waals surface area contributed by atoms with Crippen LogP contribution in [0.5, 0.6) is 0 Å². The van der Waals surface area contributed by atoms with E-state index < -0.39 is 0 Å². The number of fused-ring (bicyclic) bond motifs is 3. The van der Waals surface area contributed by atoms with Crippen molar-refractivity contribution in [2.24, 2.45) is 30.5 Å². The van der Waals surface area contributed by atoms with Crippen LogP contribution < -0.4 is 5.73 Å². The number of amides is 1. The molecular formula is C24H37N3O. The first-order valence-electron chi connectivity index (χ1n) is 10.8. The highest BCUT2D eigenvalue weighted by molar-refractivity contribution is 5.86. The van der Waals surface area contributed by atoms with E-state index >= 15 is 0 Å². The van der Waals surface area contributed by atoms with Gasteiger partial charge in [0, 0.05) is 43.2 Å². The fourth-order valence-electron chi connectivity index (χ4n) is 5.69. The zero-order chi connectivity index (χ0) is 20.6. The average molecular weight is 384 g/mol. The molecule has 0 radical (unpaired) electrons. The predicted octanol–water partition coefficient (Wildman–Crippen LogP) is 4.66. The second kappa shape index (κ2) is 8.28. The summed E-state index contributed by atoms with van der Waals surface area (Å²) in [7, 11) is 2.14. The summed E-state index contributed by atoms with van der Waals surface area (Å²) in [4.78, 5) is 14.5. The Morgan fingerprint density at radius 1 is 1.18 bits per heavy atom. The standard InChI is InChI=1S/C24H37N3O/c1-15(2)23(16(3)4)20(25)11-12-22-24-19(13-14-27(22)17(5)28)18-9-7-8-10-21(18)26(24)6/h7-10,15-16,20,22-23H,11-14,25H2,1-6H3. The minimum atomic E-state index is 0.115. The van der Waals surface area contributed by atoms with Crippen molar-refractivity contribution in [3.8, 4) is 0 Å². The minimum Gasteiger partial charge on any atom is -0.346 e. The van der Waals surface area contributed by atoms with E-state index in [1.54, 1.807) is 6.92 Å². The largest absolute Gasteiger partial charge is 0.346 e. The Kier molecular flexibility index (Phi) is 6.18. The molecular weight excluding hydrogens is 346 g/mol. The van der Waals surface area contributed by atoms with Gasteiger partial charge in [-0.05, 0) is 48.6 Å². The summed E-state index contributed by atoms with van der Waals surface area (Å²) >= 11 is 0. The van der Waals surface area contributed by atoms with Crippen molar-refractivity contribution < 1.29 is 4.79 Å². The van der Waals surface area contributed by atoms with Crippen molar-refractivity contribution in [1.82, 2.24) is 9.47 Å². The number of hydrogen-bond acceptors (Lipinski definition) is 2. The van der Waals surface area contributed by atoms with Gasteiger partial charge in [0.05, 0.1) is 6.04 Å². The smallest absolute Gasteiger partial charge is 0.220 e. The normalized spacial score (nSPS) is 18.4. The maximum atomic E-state index is 12.4. The lowest BCUT2D eigenvalue weighted by molar-refractivity contribution is -0.132. The van der Waals surface area contributed by atoms with Gasteiger partial charge in [-0.2, -0.15) is 0 Å². The van der Waals surface area contributed by atoms with Gasteiger partial charge in [-0.15, -0.1) is 0 Å². The molecule has 28 heavy (non-hydrogen) atoms. The molecule has 2 atom stereocenters. The van der Waals surface area contributed by atoms with Crippen LogP contribution in [0.3, 0.4) is 0 Å². The van der Waals surface area contributed by atoms with Crippen LogP contribution in [-0.2, 0) is 18.3 Å². The van der Waals surface area contributed by atoms with Crippen molar-refractivity contribution >= 4 is 16.8 Å². The first-order valence-corrected chi connectivity index (χ1v) is 10.8. The van der Waals surface area contributed by atoms with Crippen LogP contribution >= 0.6 is 0 Å². The van der Waals surface area contributed by atoms with Crippen LogP contribution in [0.2, 0.25) is 0 Å². The van der Waals surface area contributed by atoms with E-state index in [1.807, 2.05) is 0 Å². The molecule has 2 aromatic rings. The first kappa shape index (κ1) is 20.9. The van der Waals surface area contributed by atoms with Crippen LogP contribution in [0.1, 0.15) is 64.8 Å². The Morgan fingerprint density at radius 2 is 1.82 bits per heavy atom. The van der Waals surface area contributed by atoms with E-state index in [4.69, 9.17) is 5.73 Å². The third-order valence-corrected chi connectivity index (χ3v) is 6.77. The number of rotatable bonds is 6. The molecule has 0 aliphatic carbocycles. The molecule has 2 unspecified atom stereocenters. The molecule has 1 amide bonds. The monoisotopic (exact) mass is 383 g/mol. The van der Waals surface area contributed by atoms with Gasteiger partial charge in [0.15, 0.2) is 0 Å². The molecule has 154 valence electrons. The summed E-state index contributed by atoms with van der Waals surface area (Å²) in [5.74, 6) is 1.80.